The first-order valence-corrected chi connectivity index (χ1v) is 11.0. The van der Waals surface area contributed by atoms with Crippen molar-refractivity contribution in [3.8, 4) is 0 Å². The second-order valence-corrected chi connectivity index (χ2v) is 7.75. The second kappa shape index (κ2) is 14.2. The van der Waals surface area contributed by atoms with Crippen molar-refractivity contribution in [2.24, 2.45) is 0 Å². The smallest absolute Gasteiger partial charge is 0.305 e. The highest BCUT2D eigenvalue weighted by Gasteiger charge is 2.41. The standard InChI is InChI=1S/C25H34O8/c1-5-6-9-20(28)10-8-16-25(33-19(3)27)17-15-23(29)22(25)12-7-11-21(32-18(2)26)13-14-24(30)31-4/h7-8,10-12,15,17,20-21,28H,5-6,9,13-14,16H2,1-4H3/b10-8-,11-7-,22-12-/t20-,21-,25+/m1/s1. The van der Waals surface area contributed by atoms with Crippen molar-refractivity contribution in [1.29, 1.82) is 0 Å². The molecule has 182 valence electrons. The van der Waals surface area contributed by atoms with E-state index in [-0.39, 0.29) is 30.6 Å². The topological polar surface area (TPSA) is 116 Å². The van der Waals surface area contributed by atoms with Crippen molar-refractivity contribution < 1.29 is 38.5 Å². The number of carbonyl (C=O) groups is 4. The van der Waals surface area contributed by atoms with Crippen LogP contribution in [-0.2, 0) is 33.4 Å². The molecule has 3 atom stereocenters. The number of carbonyl (C=O) groups excluding carboxylic acids is 4. The van der Waals surface area contributed by atoms with Gasteiger partial charge in [0.05, 0.1) is 13.2 Å². The molecule has 1 aliphatic rings. The lowest BCUT2D eigenvalue weighted by Gasteiger charge is -2.27. The molecule has 0 bridgehead atoms. The van der Waals surface area contributed by atoms with Gasteiger partial charge >= 0.3 is 17.9 Å². The first kappa shape index (κ1) is 28.0. The molecule has 1 N–H and O–H groups in total. The number of hydrogen-bond donors (Lipinski definition) is 1. The molecule has 0 aromatic heterocycles. The van der Waals surface area contributed by atoms with Gasteiger partial charge < -0.3 is 19.3 Å². The Balaban J connectivity index is 3.08. The molecule has 0 saturated carbocycles. The highest BCUT2D eigenvalue weighted by Crippen LogP contribution is 2.34. The molecule has 0 aromatic rings. The number of methoxy groups -OCH3 is 1. The van der Waals surface area contributed by atoms with Crippen molar-refractivity contribution in [2.45, 2.75) is 77.1 Å². The number of rotatable bonds is 13. The molecular weight excluding hydrogens is 428 g/mol. The van der Waals surface area contributed by atoms with Gasteiger partial charge in [-0.3, -0.25) is 19.2 Å². The minimum atomic E-state index is -1.29. The van der Waals surface area contributed by atoms with Crippen LogP contribution in [0.2, 0.25) is 0 Å². The SMILES string of the molecule is CCCC[C@@H](O)/C=C\C[C@]1(OC(C)=O)C=CC(=O)/C1=C/C=C\[C@H](CCC(=O)OC)OC(C)=O. The summed E-state index contributed by atoms with van der Waals surface area (Å²) in [5.41, 5.74) is -1.06. The van der Waals surface area contributed by atoms with Crippen molar-refractivity contribution in [1.82, 2.24) is 0 Å². The van der Waals surface area contributed by atoms with Gasteiger partial charge in [0, 0.05) is 32.3 Å². The van der Waals surface area contributed by atoms with Crippen LogP contribution in [0.3, 0.4) is 0 Å². The molecule has 1 rings (SSSR count). The first-order valence-electron chi connectivity index (χ1n) is 11.0. The van der Waals surface area contributed by atoms with E-state index in [0.717, 1.165) is 12.8 Å². The number of aliphatic hydroxyl groups excluding tert-OH is 1. The molecule has 0 saturated heterocycles. The summed E-state index contributed by atoms with van der Waals surface area (Å²) in [6.07, 6.45) is 12.4. The van der Waals surface area contributed by atoms with Crippen molar-refractivity contribution in [3.63, 3.8) is 0 Å². The van der Waals surface area contributed by atoms with Crippen LogP contribution in [0.4, 0.5) is 0 Å². The number of unbranched alkanes of at least 4 members (excludes halogenated alkanes) is 1. The summed E-state index contributed by atoms with van der Waals surface area (Å²) >= 11 is 0. The molecule has 8 nitrogen and oxygen atoms in total. The van der Waals surface area contributed by atoms with Crippen LogP contribution < -0.4 is 0 Å². The lowest BCUT2D eigenvalue weighted by Crippen LogP contribution is -2.33. The highest BCUT2D eigenvalue weighted by molar-refractivity contribution is 6.09. The maximum absolute atomic E-state index is 12.5. The largest absolute Gasteiger partial charge is 0.469 e. The van der Waals surface area contributed by atoms with Crippen LogP contribution in [0, 0.1) is 0 Å². The summed E-state index contributed by atoms with van der Waals surface area (Å²) in [6.45, 7) is 4.55. The summed E-state index contributed by atoms with van der Waals surface area (Å²) in [5, 5.41) is 10.0. The zero-order chi connectivity index (χ0) is 24.9. The first-order chi connectivity index (χ1) is 15.6. The summed E-state index contributed by atoms with van der Waals surface area (Å²) in [6, 6.07) is 0. The Bertz CT molecular complexity index is 820. The fourth-order valence-corrected chi connectivity index (χ4v) is 3.34. The molecule has 8 heteroatoms. The number of ether oxygens (including phenoxy) is 3. The Morgan fingerprint density at radius 3 is 2.48 bits per heavy atom. The zero-order valence-corrected chi connectivity index (χ0v) is 19.7. The van der Waals surface area contributed by atoms with Gasteiger partial charge in [0.1, 0.15) is 6.10 Å². The minimum Gasteiger partial charge on any atom is -0.469 e. The molecule has 0 aromatic carbocycles. The van der Waals surface area contributed by atoms with E-state index >= 15 is 0 Å². The van der Waals surface area contributed by atoms with E-state index in [0.29, 0.717) is 6.42 Å². The minimum absolute atomic E-state index is 0.0540. The van der Waals surface area contributed by atoms with Gasteiger partial charge in [0.2, 0.25) is 0 Å². The predicted octanol–water partition coefficient (Wildman–Crippen LogP) is 3.29. The van der Waals surface area contributed by atoms with Gasteiger partial charge in [0.25, 0.3) is 0 Å². The van der Waals surface area contributed by atoms with Crippen LogP contribution >= 0.6 is 0 Å². The molecular formula is C25H34O8. The Labute approximate surface area is 195 Å². The molecule has 0 heterocycles. The molecule has 0 aliphatic heterocycles. The average Bonchev–Trinajstić information content (AvgIpc) is 3.04. The van der Waals surface area contributed by atoms with Crippen LogP contribution in [0.15, 0.2) is 48.1 Å². The number of aliphatic hydroxyl groups is 1. The van der Waals surface area contributed by atoms with E-state index in [9.17, 15) is 24.3 Å². The molecule has 33 heavy (non-hydrogen) atoms. The fraction of sp³-hybridized carbons (Fsp3) is 0.520. The maximum atomic E-state index is 12.5. The van der Waals surface area contributed by atoms with Gasteiger partial charge in [0.15, 0.2) is 11.4 Å². The lowest BCUT2D eigenvalue weighted by atomic mass is 9.91. The highest BCUT2D eigenvalue weighted by atomic mass is 16.6. The molecule has 0 unspecified atom stereocenters. The van der Waals surface area contributed by atoms with Crippen LogP contribution in [0.5, 0.6) is 0 Å². The van der Waals surface area contributed by atoms with E-state index in [1.54, 1.807) is 18.2 Å². The monoisotopic (exact) mass is 462 g/mol. The molecule has 0 fully saturated rings. The van der Waals surface area contributed by atoms with E-state index in [1.807, 2.05) is 6.92 Å². The molecule has 0 radical (unpaired) electrons. The van der Waals surface area contributed by atoms with Crippen molar-refractivity contribution in [3.05, 3.63) is 48.1 Å². The van der Waals surface area contributed by atoms with Crippen molar-refractivity contribution in [2.75, 3.05) is 7.11 Å². The van der Waals surface area contributed by atoms with Gasteiger partial charge in [-0.2, -0.15) is 0 Å². The Hall–Kier alpha value is -3.00. The van der Waals surface area contributed by atoms with Crippen LogP contribution in [0.1, 0.15) is 59.3 Å². The third-order valence-electron chi connectivity index (χ3n) is 4.95. The van der Waals surface area contributed by atoms with Crippen LogP contribution in [-0.4, -0.2) is 53.7 Å². The number of allylic oxidation sites excluding steroid dienone is 3. The Morgan fingerprint density at radius 1 is 1.15 bits per heavy atom. The molecule has 1 aliphatic carbocycles. The fourth-order valence-electron chi connectivity index (χ4n) is 3.34. The maximum Gasteiger partial charge on any atom is 0.305 e. The van der Waals surface area contributed by atoms with Gasteiger partial charge in [-0.15, -0.1) is 0 Å². The van der Waals surface area contributed by atoms with E-state index in [4.69, 9.17) is 9.47 Å². The van der Waals surface area contributed by atoms with E-state index in [2.05, 4.69) is 4.74 Å². The van der Waals surface area contributed by atoms with Gasteiger partial charge in [-0.05, 0) is 31.1 Å². The summed E-state index contributed by atoms with van der Waals surface area (Å²) in [5.74, 6) is -1.82. The van der Waals surface area contributed by atoms with Gasteiger partial charge in [-0.25, -0.2) is 0 Å². The normalized spacial score (nSPS) is 21.0. The molecule has 0 spiro atoms. The number of hydrogen-bond acceptors (Lipinski definition) is 8. The quantitative estimate of drug-likeness (QED) is 0.192. The summed E-state index contributed by atoms with van der Waals surface area (Å²) in [7, 11) is 1.27. The third-order valence-corrected chi connectivity index (χ3v) is 4.95. The van der Waals surface area contributed by atoms with Crippen molar-refractivity contribution >= 4 is 23.7 Å². The van der Waals surface area contributed by atoms with E-state index < -0.39 is 35.7 Å². The average molecular weight is 463 g/mol. The number of ketones is 1. The van der Waals surface area contributed by atoms with Crippen LogP contribution in [0.25, 0.3) is 0 Å². The van der Waals surface area contributed by atoms with E-state index in [1.165, 1.54) is 45.3 Å². The number of esters is 3. The Kier molecular flexibility index (Phi) is 12.1. The predicted molar refractivity (Wildman–Crippen MR) is 122 cm³/mol. The molecule has 0 amide bonds. The van der Waals surface area contributed by atoms with Gasteiger partial charge in [-0.1, -0.05) is 44.1 Å². The second-order valence-electron chi connectivity index (χ2n) is 7.75. The lowest BCUT2D eigenvalue weighted by molar-refractivity contribution is -0.149. The zero-order valence-electron chi connectivity index (χ0n) is 19.7. The third kappa shape index (κ3) is 9.99. The summed E-state index contributed by atoms with van der Waals surface area (Å²) < 4.78 is 15.3. The summed E-state index contributed by atoms with van der Waals surface area (Å²) in [4.78, 5) is 47.1. The Morgan fingerprint density at radius 2 is 1.88 bits per heavy atom.